The highest BCUT2D eigenvalue weighted by atomic mass is 79.9. The molecular formula is C13H20BrClN2O2S. The van der Waals surface area contributed by atoms with Gasteiger partial charge >= 0.3 is 0 Å². The molecule has 0 unspecified atom stereocenters. The highest BCUT2D eigenvalue weighted by molar-refractivity contribution is 9.10. The fourth-order valence-corrected chi connectivity index (χ4v) is 3.41. The van der Waals surface area contributed by atoms with Crippen molar-refractivity contribution in [3.05, 3.63) is 27.7 Å². The van der Waals surface area contributed by atoms with Crippen molar-refractivity contribution in [3.63, 3.8) is 0 Å². The minimum absolute atomic E-state index is 0.101. The smallest absolute Gasteiger partial charge is 0.232 e. The summed E-state index contributed by atoms with van der Waals surface area (Å²) >= 11 is 9.25. The average Bonchev–Trinajstić information content (AvgIpc) is 2.38. The van der Waals surface area contributed by atoms with E-state index in [1.54, 1.807) is 18.2 Å². The topological polar surface area (TPSA) is 58.2 Å². The van der Waals surface area contributed by atoms with Crippen LogP contribution in [0.4, 0.5) is 5.69 Å². The quantitative estimate of drug-likeness (QED) is 0.640. The largest absolute Gasteiger partial charge is 0.317 e. The number of sulfonamides is 1. The van der Waals surface area contributed by atoms with E-state index >= 15 is 0 Å². The van der Waals surface area contributed by atoms with E-state index in [4.69, 9.17) is 11.6 Å². The maximum atomic E-state index is 11.9. The maximum absolute atomic E-state index is 11.9. The normalized spacial score (nSPS) is 11.6. The predicted molar refractivity (Wildman–Crippen MR) is 89.0 cm³/mol. The van der Waals surface area contributed by atoms with Crippen LogP contribution in [0.1, 0.15) is 26.2 Å². The lowest BCUT2D eigenvalue weighted by Gasteiger charge is -2.10. The summed E-state index contributed by atoms with van der Waals surface area (Å²) in [4.78, 5) is 0. The molecule has 0 bridgehead atoms. The summed E-state index contributed by atoms with van der Waals surface area (Å²) in [6.07, 6.45) is 2.55. The molecule has 1 rings (SSSR count). The molecule has 0 atom stereocenters. The van der Waals surface area contributed by atoms with Crippen molar-refractivity contribution in [1.29, 1.82) is 0 Å². The van der Waals surface area contributed by atoms with E-state index in [9.17, 15) is 8.42 Å². The third-order valence-corrected chi connectivity index (χ3v) is 4.82. The van der Waals surface area contributed by atoms with Gasteiger partial charge in [0.1, 0.15) is 0 Å². The van der Waals surface area contributed by atoms with Crippen LogP contribution in [0.3, 0.4) is 0 Å². The van der Waals surface area contributed by atoms with E-state index in [1.165, 1.54) is 0 Å². The number of benzene rings is 1. The minimum atomic E-state index is -3.35. The molecule has 0 spiro atoms. The van der Waals surface area contributed by atoms with E-state index in [-0.39, 0.29) is 5.75 Å². The fraction of sp³-hybridized carbons (Fsp3) is 0.538. The zero-order chi connectivity index (χ0) is 15.0. The lowest BCUT2D eigenvalue weighted by molar-refractivity contribution is 0.590. The Bertz CT molecular complexity index is 523. The highest BCUT2D eigenvalue weighted by Crippen LogP contribution is 2.26. The summed E-state index contributed by atoms with van der Waals surface area (Å²) in [5.41, 5.74) is 0.408. The molecule has 4 nitrogen and oxygen atoms in total. The first-order chi connectivity index (χ1) is 9.44. The van der Waals surface area contributed by atoms with Gasteiger partial charge in [-0.1, -0.05) is 34.5 Å². The SMILES string of the molecule is CCCNCCCCS(=O)(=O)Nc1cc(Br)ccc1Cl. The number of hydrogen-bond acceptors (Lipinski definition) is 3. The van der Waals surface area contributed by atoms with Gasteiger partial charge in [-0.25, -0.2) is 8.42 Å². The maximum Gasteiger partial charge on any atom is 0.232 e. The van der Waals surface area contributed by atoms with Crippen molar-refractivity contribution in [3.8, 4) is 0 Å². The fourth-order valence-electron chi connectivity index (χ4n) is 1.64. The van der Waals surface area contributed by atoms with Crippen LogP contribution in [0.2, 0.25) is 5.02 Å². The lowest BCUT2D eigenvalue weighted by Crippen LogP contribution is -2.20. The van der Waals surface area contributed by atoms with Crippen molar-refractivity contribution >= 4 is 43.2 Å². The third-order valence-electron chi connectivity index (χ3n) is 2.64. The van der Waals surface area contributed by atoms with E-state index < -0.39 is 10.0 Å². The van der Waals surface area contributed by atoms with Crippen LogP contribution in [0.25, 0.3) is 0 Å². The molecule has 2 N–H and O–H groups in total. The number of hydrogen-bond donors (Lipinski definition) is 2. The molecule has 0 aliphatic carbocycles. The van der Waals surface area contributed by atoms with Crippen LogP contribution in [0.5, 0.6) is 0 Å². The van der Waals surface area contributed by atoms with Crippen molar-refractivity contribution in [2.75, 3.05) is 23.6 Å². The summed E-state index contributed by atoms with van der Waals surface area (Å²) in [6, 6.07) is 5.07. The first kappa shape index (κ1) is 17.8. The van der Waals surface area contributed by atoms with Gasteiger partial charge in [0.2, 0.25) is 10.0 Å². The van der Waals surface area contributed by atoms with Crippen molar-refractivity contribution in [2.45, 2.75) is 26.2 Å². The molecule has 0 fully saturated rings. The lowest BCUT2D eigenvalue weighted by atomic mass is 10.3. The summed E-state index contributed by atoms with van der Waals surface area (Å²) in [5.74, 6) is 0.101. The zero-order valence-corrected chi connectivity index (χ0v) is 14.6. The van der Waals surface area contributed by atoms with E-state index in [0.717, 1.165) is 30.4 Å². The second-order valence-corrected chi connectivity index (χ2v) is 7.67. The Morgan fingerprint density at radius 2 is 2.00 bits per heavy atom. The van der Waals surface area contributed by atoms with Crippen molar-refractivity contribution < 1.29 is 8.42 Å². The Labute approximate surface area is 134 Å². The van der Waals surface area contributed by atoms with Gasteiger partial charge in [-0.2, -0.15) is 0 Å². The summed E-state index contributed by atoms with van der Waals surface area (Å²) < 4.78 is 27.2. The minimum Gasteiger partial charge on any atom is -0.317 e. The number of nitrogens with one attached hydrogen (secondary N) is 2. The number of rotatable bonds is 9. The monoisotopic (exact) mass is 382 g/mol. The Morgan fingerprint density at radius 1 is 1.25 bits per heavy atom. The predicted octanol–water partition coefficient (Wildman–Crippen LogP) is 3.62. The zero-order valence-electron chi connectivity index (χ0n) is 11.5. The van der Waals surface area contributed by atoms with Crippen LogP contribution in [0, 0.1) is 0 Å². The molecule has 0 aromatic heterocycles. The van der Waals surface area contributed by atoms with Gasteiger partial charge in [0.25, 0.3) is 0 Å². The molecule has 0 heterocycles. The van der Waals surface area contributed by atoms with Crippen LogP contribution in [-0.2, 0) is 10.0 Å². The number of anilines is 1. The van der Waals surface area contributed by atoms with E-state index in [0.29, 0.717) is 17.1 Å². The molecule has 0 saturated carbocycles. The average molecular weight is 384 g/mol. The van der Waals surface area contributed by atoms with Gasteiger partial charge in [-0.15, -0.1) is 0 Å². The Morgan fingerprint density at radius 3 is 2.70 bits per heavy atom. The van der Waals surface area contributed by atoms with Gasteiger partial charge in [-0.05, 0) is 50.6 Å². The van der Waals surface area contributed by atoms with Crippen LogP contribution in [-0.4, -0.2) is 27.3 Å². The van der Waals surface area contributed by atoms with Crippen molar-refractivity contribution in [2.24, 2.45) is 0 Å². The molecule has 1 aromatic rings. The number of unbranched alkanes of at least 4 members (excludes halogenated alkanes) is 1. The van der Waals surface area contributed by atoms with Gasteiger partial charge < -0.3 is 5.32 Å². The summed E-state index contributed by atoms with van der Waals surface area (Å²) in [6.45, 7) is 3.92. The second-order valence-electron chi connectivity index (χ2n) is 4.50. The second kappa shape index (κ2) is 8.87. The molecule has 7 heteroatoms. The molecule has 0 radical (unpaired) electrons. The Balaban J connectivity index is 2.43. The summed E-state index contributed by atoms with van der Waals surface area (Å²) in [5, 5.41) is 3.64. The highest BCUT2D eigenvalue weighted by Gasteiger charge is 2.12. The van der Waals surface area contributed by atoms with Gasteiger partial charge in [-0.3, -0.25) is 4.72 Å². The van der Waals surface area contributed by atoms with Crippen LogP contribution >= 0.6 is 27.5 Å². The molecule has 0 aliphatic rings. The van der Waals surface area contributed by atoms with E-state index in [2.05, 4.69) is 32.9 Å². The Hall–Kier alpha value is -0.300. The molecule has 0 amide bonds. The first-order valence-corrected chi connectivity index (χ1v) is 9.43. The third kappa shape index (κ3) is 6.92. The Kier molecular flexibility index (Phi) is 7.87. The summed E-state index contributed by atoms with van der Waals surface area (Å²) in [7, 11) is -3.35. The number of halogens is 2. The first-order valence-electron chi connectivity index (χ1n) is 6.61. The van der Waals surface area contributed by atoms with Gasteiger partial charge in [0.15, 0.2) is 0 Å². The van der Waals surface area contributed by atoms with Crippen LogP contribution in [0.15, 0.2) is 22.7 Å². The van der Waals surface area contributed by atoms with Crippen LogP contribution < -0.4 is 10.0 Å². The molecular weight excluding hydrogens is 364 g/mol. The molecule has 0 saturated heterocycles. The molecule has 114 valence electrons. The van der Waals surface area contributed by atoms with Gasteiger partial charge in [0.05, 0.1) is 16.5 Å². The van der Waals surface area contributed by atoms with Gasteiger partial charge in [0, 0.05) is 4.47 Å². The molecule has 1 aromatic carbocycles. The van der Waals surface area contributed by atoms with E-state index in [1.807, 2.05) is 0 Å². The standard InChI is InChI=1S/C13H20BrClN2O2S/c1-2-7-16-8-3-4-9-20(18,19)17-13-10-11(14)5-6-12(13)15/h5-6,10,16-17H,2-4,7-9H2,1H3. The molecule has 20 heavy (non-hydrogen) atoms. The molecule has 0 aliphatic heterocycles. The van der Waals surface area contributed by atoms with Crippen molar-refractivity contribution in [1.82, 2.24) is 5.32 Å².